The van der Waals surface area contributed by atoms with E-state index in [9.17, 15) is 23.2 Å². The molecule has 0 radical (unpaired) electrons. The molecule has 1 fully saturated rings. The van der Waals surface area contributed by atoms with Gasteiger partial charge in [-0.05, 0) is 18.6 Å². The van der Waals surface area contributed by atoms with Gasteiger partial charge in [-0.1, -0.05) is 0 Å². The fraction of sp³-hybridized carbons (Fsp3) is 0.357. The van der Waals surface area contributed by atoms with Crippen molar-refractivity contribution in [2.75, 3.05) is 18.9 Å². The monoisotopic (exact) mass is 312 g/mol. The van der Waals surface area contributed by atoms with Crippen molar-refractivity contribution >= 4 is 23.5 Å². The van der Waals surface area contributed by atoms with Crippen molar-refractivity contribution < 1.29 is 28.3 Å². The summed E-state index contributed by atoms with van der Waals surface area (Å²) in [5, 5.41) is 11.0. The number of hydrogen-bond donors (Lipinski definition) is 2. The maximum absolute atomic E-state index is 13.0. The third kappa shape index (κ3) is 3.78. The van der Waals surface area contributed by atoms with Crippen molar-refractivity contribution in [3.8, 4) is 0 Å². The second-order valence-corrected chi connectivity index (χ2v) is 5.19. The summed E-state index contributed by atoms with van der Waals surface area (Å²) in [6.45, 7) is -0.334. The maximum atomic E-state index is 13.0. The number of carboxylic acids is 1. The summed E-state index contributed by atoms with van der Waals surface area (Å²) < 4.78 is 26.0. The van der Waals surface area contributed by atoms with Crippen molar-refractivity contribution in [3.05, 3.63) is 29.8 Å². The van der Waals surface area contributed by atoms with E-state index in [4.69, 9.17) is 5.11 Å². The molecular weight excluding hydrogens is 298 g/mol. The molecule has 22 heavy (non-hydrogen) atoms. The van der Waals surface area contributed by atoms with Crippen LogP contribution in [0.3, 0.4) is 0 Å². The zero-order valence-electron chi connectivity index (χ0n) is 11.7. The van der Waals surface area contributed by atoms with Gasteiger partial charge in [0.25, 0.3) is 0 Å². The Hall–Kier alpha value is -2.51. The van der Waals surface area contributed by atoms with Gasteiger partial charge < -0.3 is 15.3 Å². The lowest BCUT2D eigenvalue weighted by atomic mass is 10.2. The molecule has 1 aliphatic carbocycles. The summed E-state index contributed by atoms with van der Waals surface area (Å²) >= 11 is 0. The van der Waals surface area contributed by atoms with Gasteiger partial charge in [0.15, 0.2) is 0 Å². The van der Waals surface area contributed by atoms with Gasteiger partial charge >= 0.3 is 5.97 Å². The van der Waals surface area contributed by atoms with Gasteiger partial charge in [-0.25, -0.2) is 8.78 Å². The standard InChI is InChI=1S/C14H14F2N2O4/c1-18(13(20)10-5-11(10)14(21)22)6-12(19)17-9-3-7(15)2-8(16)4-9/h2-4,10-11H,5-6H2,1H3,(H,17,19)(H,21,22). The number of likely N-dealkylation sites (N-methyl/N-ethyl adjacent to an activating group) is 1. The number of carbonyl (C=O) groups excluding carboxylic acids is 2. The van der Waals surface area contributed by atoms with Gasteiger partial charge in [0.1, 0.15) is 11.6 Å². The van der Waals surface area contributed by atoms with E-state index >= 15 is 0 Å². The van der Waals surface area contributed by atoms with Crippen molar-refractivity contribution in [1.29, 1.82) is 0 Å². The van der Waals surface area contributed by atoms with Crippen LogP contribution in [0.5, 0.6) is 0 Å². The SMILES string of the molecule is CN(CC(=O)Nc1cc(F)cc(F)c1)C(=O)C1CC1C(=O)O. The van der Waals surface area contributed by atoms with E-state index in [1.807, 2.05) is 0 Å². The van der Waals surface area contributed by atoms with Crippen LogP contribution in [0.4, 0.5) is 14.5 Å². The lowest BCUT2D eigenvalue weighted by Crippen LogP contribution is -2.36. The van der Waals surface area contributed by atoms with E-state index in [-0.39, 0.29) is 18.7 Å². The molecule has 0 saturated heterocycles. The number of amides is 2. The molecule has 0 aromatic heterocycles. The third-order valence-electron chi connectivity index (χ3n) is 3.33. The van der Waals surface area contributed by atoms with Crippen LogP contribution in [0.2, 0.25) is 0 Å². The smallest absolute Gasteiger partial charge is 0.307 e. The normalized spacial score (nSPS) is 19.4. The largest absolute Gasteiger partial charge is 0.481 e. The first-order valence-corrected chi connectivity index (χ1v) is 6.51. The average molecular weight is 312 g/mol. The van der Waals surface area contributed by atoms with E-state index in [0.717, 1.165) is 17.0 Å². The van der Waals surface area contributed by atoms with Crippen LogP contribution in [0, 0.1) is 23.5 Å². The van der Waals surface area contributed by atoms with Crippen LogP contribution in [-0.2, 0) is 14.4 Å². The Morgan fingerprint density at radius 2 is 1.82 bits per heavy atom. The number of halogens is 2. The van der Waals surface area contributed by atoms with Gasteiger partial charge in [0.05, 0.1) is 18.4 Å². The second-order valence-electron chi connectivity index (χ2n) is 5.19. The highest BCUT2D eigenvalue weighted by Crippen LogP contribution is 2.39. The van der Waals surface area contributed by atoms with Gasteiger partial charge in [-0.3, -0.25) is 14.4 Å². The number of benzene rings is 1. The lowest BCUT2D eigenvalue weighted by molar-refractivity contribution is -0.141. The Morgan fingerprint density at radius 3 is 2.32 bits per heavy atom. The summed E-state index contributed by atoms with van der Waals surface area (Å²) in [6.07, 6.45) is 0.259. The van der Waals surface area contributed by atoms with Crippen LogP contribution in [0.1, 0.15) is 6.42 Å². The molecule has 1 aromatic rings. The van der Waals surface area contributed by atoms with Gasteiger partial charge in [0.2, 0.25) is 11.8 Å². The van der Waals surface area contributed by atoms with Crippen molar-refractivity contribution in [2.24, 2.45) is 11.8 Å². The average Bonchev–Trinajstić information content (AvgIpc) is 3.16. The highest BCUT2D eigenvalue weighted by molar-refractivity contribution is 5.96. The second kappa shape index (κ2) is 6.08. The first-order valence-electron chi connectivity index (χ1n) is 6.51. The molecule has 0 spiro atoms. The number of carboxylic acid groups (broad SMARTS) is 1. The molecule has 2 amide bonds. The molecule has 1 aromatic carbocycles. The van der Waals surface area contributed by atoms with Crippen molar-refractivity contribution in [2.45, 2.75) is 6.42 Å². The molecule has 0 bridgehead atoms. The van der Waals surface area contributed by atoms with E-state index in [1.165, 1.54) is 7.05 Å². The lowest BCUT2D eigenvalue weighted by Gasteiger charge is -2.16. The molecule has 6 nitrogen and oxygen atoms in total. The molecule has 1 aliphatic rings. The molecule has 8 heteroatoms. The highest BCUT2D eigenvalue weighted by atomic mass is 19.1. The number of anilines is 1. The highest BCUT2D eigenvalue weighted by Gasteiger charge is 2.49. The minimum Gasteiger partial charge on any atom is -0.481 e. The van der Waals surface area contributed by atoms with Gasteiger partial charge in [-0.15, -0.1) is 0 Å². The third-order valence-corrected chi connectivity index (χ3v) is 3.33. The molecule has 118 valence electrons. The molecular formula is C14H14F2N2O4. The molecule has 2 N–H and O–H groups in total. The summed E-state index contributed by atoms with van der Waals surface area (Å²) in [6, 6.07) is 2.57. The molecule has 0 aliphatic heterocycles. The van der Waals surface area contributed by atoms with E-state index < -0.39 is 41.3 Å². The summed E-state index contributed by atoms with van der Waals surface area (Å²) in [5.41, 5.74) is -0.0572. The minimum atomic E-state index is -1.04. The first kappa shape index (κ1) is 15.9. The predicted octanol–water partition coefficient (Wildman–Crippen LogP) is 1.08. The quantitative estimate of drug-likeness (QED) is 0.852. The maximum Gasteiger partial charge on any atom is 0.307 e. The summed E-state index contributed by atoms with van der Waals surface area (Å²) in [4.78, 5) is 35.4. The van der Waals surface area contributed by atoms with Crippen LogP contribution in [0.15, 0.2) is 18.2 Å². The Labute approximate surface area is 124 Å². The van der Waals surface area contributed by atoms with Crippen LogP contribution < -0.4 is 5.32 Å². The van der Waals surface area contributed by atoms with Gasteiger partial charge in [-0.2, -0.15) is 0 Å². The van der Waals surface area contributed by atoms with Crippen molar-refractivity contribution in [1.82, 2.24) is 4.90 Å². The first-order chi connectivity index (χ1) is 10.3. The number of nitrogens with one attached hydrogen (secondary N) is 1. The molecule has 2 atom stereocenters. The summed E-state index contributed by atoms with van der Waals surface area (Å²) in [7, 11) is 1.37. The number of hydrogen-bond acceptors (Lipinski definition) is 3. The van der Waals surface area contributed by atoms with E-state index in [0.29, 0.717) is 6.07 Å². The van der Waals surface area contributed by atoms with Gasteiger partial charge in [0, 0.05) is 18.8 Å². The number of carbonyl (C=O) groups is 3. The summed E-state index contributed by atoms with van der Waals surface area (Å²) in [5.74, 6) is -5.07. The van der Waals surface area contributed by atoms with E-state index in [2.05, 4.69) is 5.32 Å². The Morgan fingerprint density at radius 1 is 1.23 bits per heavy atom. The number of rotatable bonds is 5. The van der Waals surface area contributed by atoms with Crippen LogP contribution in [0.25, 0.3) is 0 Å². The Kier molecular flexibility index (Phi) is 4.39. The zero-order chi connectivity index (χ0) is 16.4. The van der Waals surface area contributed by atoms with Crippen molar-refractivity contribution in [3.63, 3.8) is 0 Å². The zero-order valence-corrected chi connectivity index (χ0v) is 11.7. The Bertz CT molecular complexity index is 615. The predicted molar refractivity (Wildman–Crippen MR) is 71.9 cm³/mol. The molecule has 0 heterocycles. The fourth-order valence-electron chi connectivity index (χ4n) is 2.14. The van der Waals surface area contributed by atoms with Crippen LogP contribution >= 0.6 is 0 Å². The minimum absolute atomic E-state index is 0.0572. The number of nitrogens with zero attached hydrogens (tertiary/aromatic N) is 1. The molecule has 1 saturated carbocycles. The Balaban J connectivity index is 1.89. The molecule has 2 rings (SSSR count). The fourth-order valence-corrected chi connectivity index (χ4v) is 2.14. The molecule has 2 unspecified atom stereocenters. The topological polar surface area (TPSA) is 86.7 Å². The van der Waals surface area contributed by atoms with Crippen LogP contribution in [-0.4, -0.2) is 41.4 Å². The van der Waals surface area contributed by atoms with E-state index in [1.54, 1.807) is 0 Å². The number of aliphatic carboxylic acids is 1.